The highest BCUT2D eigenvalue weighted by Gasteiger charge is 2.36. The van der Waals surface area contributed by atoms with Gasteiger partial charge in [-0.15, -0.1) is 0 Å². The lowest BCUT2D eigenvalue weighted by Gasteiger charge is -2.12. The fourth-order valence-corrected chi connectivity index (χ4v) is 4.49. The van der Waals surface area contributed by atoms with Gasteiger partial charge in [-0.2, -0.15) is 0 Å². The lowest BCUT2D eigenvalue weighted by atomic mass is 10.2. The van der Waals surface area contributed by atoms with E-state index in [0.717, 1.165) is 31.4 Å². The van der Waals surface area contributed by atoms with Gasteiger partial charge in [0.2, 0.25) is 5.91 Å². The molecule has 0 unspecified atom stereocenters. The van der Waals surface area contributed by atoms with Crippen LogP contribution in [0.1, 0.15) is 11.1 Å². The van der Waals surface area contributed by atoms with E-state index < -0.39 is 17.1 Å². The van der Waals surface area contributed by atoms with E-state index in [-0.39, 0.29) is 11.4 Å². The van der Waals surface area contributed by atoms with Crippen molar-refractivity contribution in [1.82, 2.24) is 4.90 Å². The first kappa shape index (κ1) is 24.3. The highest BCUT2D eigenvalue weighted by atomic mass is 127. The molecular formula is C25H18ClIN2O4S. The van der Waals surface area contributed by atoms with E-state index >= 15 is 0 Å². The summed E-state index contributed by atoms with van der Waals surface area (Å²) in [6.45, 7) is -0.00892. The van der Waals surface area contributed by atoms with Crippen LogP contribution >= 0.6 is 46.0 Å². The largest absolute Gasteiger partial charge is 0.489 e. The molecule has 172 valence electrons. The van der Waals surface area contributed by atoms with Crippen molar-refractivity contribution < 1.29 is 19.1 Å². The zero-order chi connectivity index (χ0) is 24.1. The van der Waals surface area contributed by atoms with E-state index in [0.29, 0.717) is 23.1 Å². The maximum absolute atomic E-state index is 12.7. The summed E-state index contributed by atoms with van der Waals surface area (Å²) in [6, 6.07) is 21.8. The Hall–Kier alpha value is -2.82. The van der Waals surface area contributed by atoms with Crippen molar-refractivity contribution >= 4 is 74.8 Å². The number of ether oxygens (including phenoxy) is 1. The molecule has 1 heterocycles. The van der Waals surface area contributed by atoms with Crippen LogP contribution in [-0.4, -0.2) is 28.5 Å². The van der Waals surface area contributed by atoms with Crippen molar-refractivity contribution in [2.24, 2.45) is 0 Å². The number of nitrogens with zero attached hydrogens (tertiary/aromatic N) is 1. The number of carbonyl (C=O) groups is 3. The van der Waals surface area contributed by atoms with Gasteiger partial charge in [-0.25, -0.2) is 0 Å². The number of halogens is 2. The van der Waals surface area contributed by atoms with Gasteiger partial charge in [0, 0.05) is 19.8 Å². The van der Waals surface area contributed by atoms with E-state index in [9.17, 15) is 14.4 Å². The van der Waals surface area contributed by atoms with Crippen molar-refractivity contribution in [3.8, 4) is 5.75 Å². The molecule has 1 N–H and O–H groups in total. The van der Waals surface area contributed by atoms with Crippen LogP contribution in [0.3, 0.4) is 0 Å². The Morgan fingerprint density at radius 2 is 1.74 bits per heavy atom. The van der Waals surface area contributed by atoms with Crippen molar-refractivity contribution in [2.75, 3.05) is 11.9 Å². The fourth-order valence-electron chi connectivity index (χ4n) is 3.10. The molecule has 1 aliphatic rings. The van der Waals surface area contributed by atoms with Crippen molar-refractivity contribution in [1.29, 1.82) is 0 Å². The summed E-state index contributed by atoms with van der Waals surface area (Å²) in [5.74, 6) is -0.283. The Balaban J connectivity index is 1.36. The first-order valence-electron chi connectivity index (χ1n) is 10.2. The molecule has 34 heavy (non-hydrogen) atoms. The van der Waals surface area contributed by atoms with Crippen LogP contribution in [0.5, 0.6) is 5.75 Å². The molecular weight excluding hydrogens is 587 g/mol. The van der Waals surface area contributed by atoms with Crippen LogP contribution in [0.4, 0.5) is 10.5 Å². The molecule has 3 amide bonds. The third-order valence-electron chi connectivity index (χ3n) is 4.83. The van der Waals surface area contributed by atoms with E-state index in [2.05, 4.69) is 27.9 Å². The third kappa shape index (κ3) is 6.19. The van der Waals surface area contributed by atoms with Crippen LogP contribution < -0.4 is 10.1 Å². The number of thioether (sulfide) groups is 1. The number of nitrogens with one attached hydrogen (secondary N) is 1. The molecule has 1 fully saturated rings. The smallest absolute Gasteiger partial charge is 0.294 e. The number of imide groups is 1. The first-order valence-corrected chi connectivity index (χ1v) is 12.4. The van der Waals surface area contributed by atoms with E-state index in [1.165, 1.54) is 0 Å². The van der Waals surface area contributed by atoms with E-state index in [1.807, 2.05) is 36.4 Å². The average Bonchev–Trinajstić information content (AvgIpc) is 3.08. The van der Waals surface area contributed by atoms with Crippen LogP contribution in [0.25, 0.3) is 6.08 Å². The maximum atomic E-state index is 12.7. The van der Waals surface area contributed by atoms with Crippen molar-refractivity contribution in [3.63, 3.8) is 0 Å². The molecule has 6 nitrogen and oxygen atoms in total. The molecule has 1 saturated heterocycles. The van der Waals surface area contributed by atoms with Crippen molar-refractivity contribution in [3.05, 3.63) is 97.4 Å². The van der Waals surface area contributed by atoms with Gasteiger partial charge >= 0.3 is 0 Å². The second-order valence-electron chi connectivity index (χ2n) is 7.27. The van der Waals surface area contributed by atoms with E-state index in [4.69, 9.17) is 16.3 Å². The first-order chi connectivity index (χ1) is 16.4. The Kier molecular flexibility index (Phi) is 7.91. The van der Waals surface area contributed by atoms with Crippen LogP contribution in [-0.2, 0) is 16.2 Å². The van der Waals surface area contributed by atoms with Gasteiger partial charge in [-0.05, 0) is 88.5 Å². The number of anilines is 1. The molecule has 0 radical (unpaired) electrons. The summed E-state index contributed by atoms with van der Waals surface area (Å²) in [4.78, 5) is 38.6. The summed E-state index contributed by atoms with van der Waals surface area (Å²) < 4.78 is 6.80. The zero-order valence-corrected chi connectivity index (χ0v) is 21.4. The minimum Gasteiger partial charge on any atom is -0.489 e. The Labute approximate surface area is 219 Å². The molecule has 1 aliphatic heterocycles. The van der Waals surface area contributed by atoms with Crippen LogP contribution in [0.2, 0.25) is 5.02 Å². The molecule has 0 atom stereocenters. The van der Waals surface area contributed by atoms with Crippen LogP contribution in [0, 0.1) is 3.57 Å². The van der Waals surface area contributed by atoms with Crippen molar-refractivity contribution in [2.45, 2.75) is 6.61 Å². The number of carbonyl (C=O) groups excluding carboxylic acids is 3. The Morgan fingerprint density at radius 1 is 1.03 bits per heavy atom. The normalized spacial score (nSPS) is 14.5. The topological polar surface area (TPSA) is 75.7 Å². The minimum absolute atomic E-state index is 0.261. The molecule has 0 spiro atoms. The molecule has 0 saturated carbocycles. The summed E-state index contributed by atoms with van der Waals surface area (Å²) in [5, 5.41) is 2.86. The summed E-state index contributed by atoms with van der Waals surface area (Å²) in [7, 11) is 0. The average molecular weight is 605 g/mol. The molecule has 0 aliphatic carbocycles. The number of rotatable bonds is 7. The summed E-state index contributed by atoms with van der Waals surface area (Å²) in [5.41, 5.74) is 2.22. The van der Waals surface area contributed by atoms with Gasteiger partial charge in [-0.3, -0.25) is 19.3 Å². The van der Waals surface area contributed by atoms with Gasteiger partial charge in [0.05, 0.1) is 4.91 Å². The lowest BCUT2D eigenvalue weighted by Crippen LogP contribution is -2.36. The Morgan fingerprint density at radius 3 is 2.44 bits per heavy atom. The van der Waals surface area contributed by atoms with Gasteiger partial charge < -0.3 is 10.1 Å². The third-order valence-corrected chi connectivity index (χ3v) is 6.83. The van der Waals surface area contributed by atoms with Gasteiger partial charge in [-0.1, -0.05) is 41.9 Å². The number of amides is 3. The minimum atomic E-state index is -0.494. The van der Waals surface area contributed by atoms with E-state index in [1.54, 1.807) is 42.5 Å². The number of hydrogen-bond donors (Lipinski definition) is 1. The number of benzene rings is 3. The summed E-state index contributed by atoms with van der Waals surface area (Å²) >= 11 is 9.12. The molecule has 4 rings (SSSR count). The summed E-state index contributed by atoms with van der Waals surface area (Å²) in [6.07, 6.45) is 1.62. The zero-order valence-electron chi connectivity index (χ0n) is 17.7. The molecule has 3 aromatic carbocycles. The maximum Gasteiger partial charge on any atom is 0.294 e. The molecule has 0 aromatic heterocycles. The standard InChI is InChI=1S/C25H18ClIN2O4S/c26-21-4-2-1-3-17(21)15-33-20-11-5-16(6-12-20)13-22-24(31)29(25(32)34-22)14-23(30)28-19-9-7-18(27)8-10-19/h1-13H,14-15H2,(H,28,30)/b22-13+. The lowest BCUT2D eigenvalue weighted by molar-refractivity contribution is -0.127. The highest BCUT2D eigenvalue weighted by molar-refractivity contribution is 14.1. The molecule has 9 heteroatoms. The Bertz CT molecular complexity index is 1260. The van der Waals surface area contributed by atoms with Gasteiger partial charge in [0.15, 0.2) is 0 Å². The highest BCUT2D eigenvalue weighted by Crippen LogP contribution is 2.32. The second kappa shape index (κ2) is 11.1. The SMILES string of the molecule is O=C(CN1C(=O)S/C(=C/c2ccc(OCc3ccccc3Cl)cc2)C1=O)Nc1ccc(I)cc1. The van der Waals surface area contributed by atoms with Gasteiger partial charge in [0.1, 0.15) is 18.9 Å². The monoisotopic (exact) mass is 604 g/mol. The quantitative estimate of drug-likeness (QED) is 0.257. The van der Waals surface area contributed by atoms with Crippen LogP contribution in [0.15, 0.2) is 77.7 Å². The number of hydrogen-bond acceptors (Lipinski definition) is 5. The van der Waals surface area contributed by atoms with Gasteiger partial charge in [0.25, 0.3) is 11.1 Å². The molecule has 0 bridgehead atoms. The molecule has 3 aromatic rings. The predicted octanol–water partition coefficient (Wildman–Crippen LogP) is 6.20. The predicted molar refractivity (Wildman–Crippen MR) is 143 cm³/mol. The fraction of sp³-hybridized carbons (Fsp3) is 0.0800. The second-order valence-corrected chi connectivity index (χ2v) is 9.92.